The summed E-state index contributed by atoms with van der Waals surface area (Å²) in [5.74, 6) is 1.73. The largest absolute Gasteiger partial charge is 0.395 e. The number of carbonyl (C=O) groups excluding carboxylic acids is 1. The molecule has 2 aliphatic heterocycles. The van der Waals surface area contributed by atoms with Gasteiger partial charge in [0.25, 0.3) is 0 Å². The number of piperazine rings is 1. The molecule has 2 fully saturated rings. The molecule has 10 nitrogen and oxygen atoms in total. The van der Waals surface area contributed by atoms with Gasteiger partial charge in [0.2, 0.25) is 5.91 Å². The van der Waals surface area contributed by atoms with Gasteiger partial charge in [-0.05, 0) is 37.4 Å². The molecule has 2 N–H and O–H groups in total. The van der Waals surface area contributed by atoms with Gasteiger partial charge in [-0.1, -0.05) is 11.8 Å². The van der Waals surface area contributed by atoms with Crippen molar-refractivity contribution in [1.29, 1.82) is 0 Å². The second-order valence-electron chi connectivity index (χ2n) is 8.83. The van der Waals surface area contributed by atoms with Crippen molar-refractivity contribution in [2.24, 2.45) is 0 Å². The topological polar surface area (TPSA) is 97.3 Å². The monoisotopic (exact) mass is 515 g/mol. The highest BCUT2D eigenvalue weighted by molar-refractivity contribution is 7.98. The van der Waals surface area contributed by atoms with Gasteiger partial charge in [0.1, 0.15) is 11.6 Å². The summed E-state index contributed by atoms with van der Waals surface area (Å²) in [6, 6.07) is 10.4. The maximum atomic E-state index is 12.5. The van der Waals surface area contributed by atoms with Crippen LogP contribution in [0.2, 0.25) is 0 Å². The quantitative estimate of drug-likeness (QED) is 0.360. The zero-order chi connectivity index (χ0) is 25.3. The van der Waals surface area contributed by atoms with Crippen LogP contribution in [0.4, 0.5) is 23.0 Å². The Morgan fingerprint density at radius 1 is 1.08 bits per heavy atom. The molecule has 2 saturated heterocycles. The number of amides is 1. The molecule has 3 heterocycles. The fraction of sp³-hybridized carbons (Fsp3) is 0.560. The average molecular weight is 516 g/mol. The summed E-state index contributed by atoms with van der Waals surface area (Å²) < 4.78 is 5.45. The number of nitrogens with zero attached hydrogens (tertiary/aromatic N) is 6. The van der Waals surface area contributed by atoms with Crippen LogP contribution in [0.3, 0.4) is 0 Å². The van der Waals surface area contributed by atoms with Crippen LogP contribution in [0.5, 0.6) is 0 Å². The molecule has 0 spiro atoms. The van der Waals surface area contributed by atoms with E-state index < -0.39 is 0 Å². The van der Waals surface area contributed by atoms with Crippen molar-refractivity contribution in [2.45, 2.75) is 12.1 Å². The molecule has 0 saturated carbocycles. The van der Waals surface area contributed by atoms with E-state index in [-0.39, 0.29) is 12.5 Å². The molecule has 196 valence electrons. The van der Waals surface area contributed by atoms with Crippen LogP contribution in [0.25, 0.3) is 0 Å². The van der Waals surface area contributed by atoms with Crippen LogP contribution in [-0.2, 0) is 9.53 Å². The van der Waals surface area contributed by atoms with Crippen molar-refractivity contribution in [1.82, 2.24) is 19.8 Å². The molecule has 1 aromatic carbocycles. The van der Waals surface area contributed by atoms with Crippen molar-refractivity contribution < 1.29 is 14.6 Å². The lowest BCUT2D eigenvalue weighted by molar-refractivity contribution is -0.132. The number of rotatable bonds is 10. The number of benzene rings is 1. The summed E-state index contributed by atoms with van der Waals surface area (Å²) in [6.07, 6.45) is 1.98. The summed E-state index contributed by atoms with van der Waals surface area (Å²) in [5.41, 5.74) is 2.18. The molecule has 2 aliphatic rings. The number of hydrogen-bond acceptors (Lipinski definition) is 10. The standard InChI is InChI=1S/C25H37N7O3S/c1-3-30(12-15-33)24(34)19-29-8-10-32(11-9-29)23-18-22(27-25(28-23)36-2)26-20-4-6-21(7-5-20)31-13-16-35-17-14-31/h4-7,18,33H,3,8-17,19H2,1-2H3,(H,26,27,28). The molecule has 1 amide bonds. The average Bonchev–Trinajstić information content (AvgIpc) is 2.92. The number of aliphatic hydroxyl groups is 1. The van der Waals surface area contributed by atoms with Crippen molar-refractivity contribution >= 4 is 40.7 Å². The van der Waals surface area contributed by atoms with Gasteiger partial charge in [-0.2, -0.15) is 0 Å². The van der Waals surface area contributed by atoms with Crippen LogP contribution in [0.1, 0.15) is 6.92 Å². The first-order valence-corrected chi connectivity index (χ1v) is 13.8. The maximum absolute atomic E-state index is 12.5. The number of anilines is 4. The minimum atomic E-state index is -0.00672. The smallest absolute Gasteiger partial charge is 0.236 e. The molecule has 11 heteroatoms. The summed E-state index contributed by atoms with van der Waals surface area (Å²) in [5, 5.41) is 13.3. The lowest BCUT2D eigenvalue weighted by Crippen LogP contribution is -2.50. The summed E-state index contributed by atoms with van der Waals surface area (Å²) >= 11 is 1.52. The second kappa shape index (κ2) is 13.1. The van der Waals surface area contributed by atoms with E-state index >= 15 is 0 Å². The van der Waals surface area contributed by atoms with Gasteiger partial charge in [0.05, 0.1) is 26.4 Å². The van der Waals surface area contributed by atoms with Gasteiger partial charge in [-0.15, -0.1) is 0 Å². The number of morpholine rings is 1. The van der Waals surface area contributed by atoms with Gasteiger partial charge >= 0.3 is 0 Å². The first-order valence-electron chi connectivity index (χ1n) is 12.6. The fourth-order valence-corrected chi connectivity index (χ4v) is 4.84. The number of aromatic nitrogens is 2. The van der Waals surface area contributed by atoms with Crippen LogP contribution >= 0.6 is 11.8 Å². The molecule has 0 bridgehead atoms. The van der Waals surface area contributed by atoms with E-state index in [4.69, 9.17) is 14.8 Å². The molecule has 0 aliphatic carbocycles. The Balaban J connectivity index is 1.36. The first-order chi connectivity index (χ1) is 17.6. The minimum absolute atomic E-state index is 0.00672. The Hall–Kier alpha value is -2.60. The lowest BCUT2D eigenvalue weighted by Gasteiger charge is -2.36. The Morgan fingerprint density at radius 3 is 2.44 bits per heavy atom. The van der Waals surface area contributed by atoms with Gasteiger partial charge in [0, 0.05) is 69.8 Å². The summed E-state index contributed by atoms with van der Waals surface area (Å²) in [7, 11) is 0. The molecule has 0 unspecified atom stereocenters. The molecular formula is C25H37N7O3S. The number of aliphatic hydroxyl groups excluding tert-OH is 1. The highest BCUT2D eigenvalue weighted by Gasteiger charge is 2.23. The van der Waals surface area contributed by atoms with Gasteiger partial charge < -0.3 is 29.9 Å². The number of likely N-dealkylation sites (N-methyl/N-ethyl adjacent to an activating group) is 1. The van der Waals surface area contributed by atoms with Crippen molar-refractivity contribution in [3.63, 3.8) is 0 Å². The van der Waals surface area contributed by atoms with Crippen LogP contribution in [0, 0.1) is 0 Å². The van der Waals surface area contributed by atoms with Crippen molar-refractivity contribution in [3.05, 3.63) is 30.3 Å². The van der Waals surface area contributed by atoms with Crippen molar-refractivity contribution in [2.75, 3.05) is 100 Å². The Kier molecular flexibility index (Phi) is 9.62. The van der Waals surface area contributed by atoms with Crippen LogP contribution in [0.15, 0.2) is 35.5 Å². The van der Waals surface area contributed by atoms with Crippen molar-refractivity contribution in [3.8, 4) is 0 Å². The molecule has 36 heavy (non-hydrogen) atoms. The SMILES string of the molecule is CCN(CCO)C(=O)CN1CCN(c2cc(Nc3ccc(N4CCOCC4)cc3)nc(SC)n2)CC1. The van der Waals surface area contributed by atoms with Crippen LogP contribution < -0.4 is 15.1 Å². The highest BCUT2D eigenvalue weighted by atomic mass is 32.2. The maximum Gasteiger partial charge on any atom is 0.236 e. The van der Waals surface area contributed by atoms with Gasteiger partial charge in [-0.3, -0.25) is 9.69 Å². The molecule has 2 aromatic rings. The predicted molar refractivity (Wildman–Crippen MR) is 145 cm³/mol. The third kappa shape index (κ3) is 7.00. The summed E-state index contributed by atoms with van der Waals surface area (Å²) in [4.78, 5) is 30.4. The molecule has 1 aromatic heterocycles. The number of carbonyl (C=O) groups is 1. The summed E-state index contributed by atoms with van der Waals surface area (Å²) in [6.45, 7) is 9.84. The molecular weight excluding hydrogens is 478 g/mol. The highest BCUT2D eigenvalue weighted by Crippen LogP contribution is 2.25. The molecule has 4 rings (SSSR count). The molecule has 0 atom stereocenters. The van der Waals surface area contributed by atoms with E-state index in [9.17, 15) is 4.79 Å². The normalized spacial score (nSPS) is 16.8. The Bertz CT molecular complexity index is 980. The number of hydrogen-bond donors (Lipinski definition) is 2. The third-order valence-electron chi connectivity index (χ3n) is 6.55. The van der Waals surface area contributed by atoms with E-state index in [1.807, 2.05) is 19.2 Å². The number of ether oxygens (including phenoxy) is 1. The Morgan fingerprint density at radius 2 is 1.81 bits per heavy atom. The fourth-order valence-electron chi connectivity index (χ4n) is 4.46. The van der Waals surface area contributed by atoms with E-state index in [0.717, 1.165) is 75.0 Å². The van der Waals surface area contributed by atoms with E-state index in [2.05, 4.69) is 49.3 Å². The van der Waals surface area contributed by atoms with E-state index in [1.54, 1.807) is 4.90 Å². The lowest BCUT2D eigenvalue weighted by atomic mass is 10.2. The van der Waals surface area contributed by atoms with E-state index in [0.29, 0.717) is 19.6 Å². The third-order valence-corrected chi connectivity index (χ3v) is 7.10. The predicted octanol–water partition coefficient (Wildman–Crippen LogP) is 1.74. The van der Waals surface area contributed by atoms with Gasteiger partial charge in [-0.25, -0.2) is 9.97 Å². The Labute approximate surface area is 217 Å². The first kappa shape index (κ1) is 26.5. The second-order valence-corrected chi connectivity index (χ2v) is 9.60. The zero-order valence-corrected chi connectivity index (χ0v) is 22.0. The molecule has 0 radical (unpaired) electrons. The van der Waals surface area contributed by atoms with E-state index in [1.165, 1.54) is 17.4 Å². The van der Waals surface area contributed by atoms with Gasteiger partial charge in [0.15, 0.2) is 5.16 Å². The zero-order valence-electron chi connectivity index (χ0n) is 21.2. The minimum Gasteiger partial charge on any atom is -0.395 e. The van der Waals surface area contributed by atoms with Crippen LogP contribution in [-0.4, -0.2) is 116 Å². The number of nitrogens with one attached hydrogen (secondary N) is 1. The number of thioether (sulfide) groups is 1.